The van der Waals surface area contributed by atoms with Gasteiger partial charge in [-0.05, 0) is 35.7 Å². The van der Waals surface area contributed by atoms with E-state index in [0.717, 1.165) is 23.9 Å². The summed E-state index contributed by atoms with van der Waals surface area (Å²) in [7, 11) is 0. The van der Waals surface area contributed by atoms with Crippen LogP contribution in [0.25, 0.3) is 10.9 Å². The summed E-state index contributed by atoms with van der Waals surface area (Å²) in [6.07, 6.45) is 2.69. The Labute approximate surface area is 133 Å². The van der Waals surface area contributed by atoms with E-state index in [-0.39, 0.29) is 5.91 Å². The zero-order chi connectivity index (χ0) is 15.1. The standard InChI is InChI=1S/C18H15ClN2O/c19-14-5-6-17-15(9-14)16(10-20-17)18(22)21-8-7-12-3-1-2-4-13(12)11-21/h1-6,9-10,20H,7-8,11H2. The van der Waals surface area contributed by atoms with E-state index in [1.54, 1.807) is 6.20 Å². The Kier molecular flexibility index (Phi) is 3.16. The second kappa shape index (κ2) is 5.18. The summed E-state index contributed by atoms with van der Waals surface area (Å²) >= 11 is 6.07. The number of nitrogens with one attached hydrogen (secondary N) is 1. The molecule has 2 aromatic carbocycles. The molecule has 1 aromatic heterocycles. The largest absolute Gasteiger partial charge is 0.360 e. The van der Waals surface area contributed by atoms with E-state index >= 15 is 0 Å². The van der Waals surface area contributed by atoms with Crippen LogP contribution in [0.3, 0.4) is 0 Å². The molecule has 0 saturated carbocycles. The van der Waals surface area contributed by atoms with Crippen LogP contribution in [0, 0.1) is 0 Å². The molecule has 0 fully saturated rings. The van der Waals surface area contributed by atoms with Crippen molar-refractivity contribution in [2.45, 2.75) is 13.0 Å². The van der Waals surface area contributed by atoms with Crippen LogP contribution >= 0.6 is 11.6 Å². The summed E-state index contributed by atoms with van der Waals surface area (Å²) in [5.41, 5.74) is 4.20. The van der Waals surface area contributed by atoms with Crippen LogP contribution in [-0.2, 0) is 13.0 Å². The summed E-state index contributed by atoms with van der Waals surface area (Å²) < 4.78 is 0. The van der Waals surface area contributed by atoms with Crippen molar-refractivity contribution in [2.75, 3.05) is 6.54 Å². The zero-order valence-electron chi connectivity index (χ0n) is 12.0. The van der Waals surface area contributed by atoms with E-state index in [2.05, 4.69) is 23.2 Å². The molecule has 2 heterocycles. The molecule has 110 valence electrons. The average Bonchev–Trinajstić information content (AvgIpc) is 2.96. The van der Waals surface area contributed by atoms with Gasteiger partial charge in [0.25, 0.3) is 5.91 Å². The molecule has 1 aliphatic heterocycles. The van der Waals surface area contributed by atoms with E-state index < -0.39 is 0 Å². The van der Waals surface area contributed by atoms with Crippen LogP contribution in [0.1, 0.15) is 21.5 Å². The first-order valence-electron chi connectivity index (χ1n) is 7.35. The molecule has 3 aromatic rings. The number of aromatic amines is 1. The van der Waals surface area contributed by atoms with Crippen molar-refractivity contribution in [1.82, 2.24) is 9.88 Å². The fraction of sp³-hybridized carbons (Fsp3) is 0.167. The topological polar surface area (TPSA) is 36.1 Å². The summed E-state index contributed by atoms with van der Waals surface area (Å²) in [4.78, 5) is 17.9. The zero-order valence-corrected chi connectivity index (χ0v) is 12.7. The Morgan fingerprint density at radius 1 is 1.14 bits per heavy atom. The number of hydrogen-bond donors (Lipinski definition) is 1. The highest BCUT2D eigenvalue weighted by Gasteiger charge is 2.23. The van der Waals surface area contributed by atoms with Gasteiger partial charge in [-0.3, -0.25) is 4.79 Å². The lowest BCUT2D eigenvalue weighted by Gasteiger charge is -2.28. The van der Waals surface area contributed by atoms with E-state index in [9.17, 15) is 4.79 Å². The molecule has 0 spiro atoms. The van der Waals surface area contributed by atoms with Gasteiger partial charge in [-0.25, -0.2) is 0 Å². The highest BCUT2D eigenvalue weighted by atomic mass is 35.5. The first-order chi connectivity index (χ1) is 10.7. The average molecular weight is 311 g/mol. The Hall–Kier alpha value is -2.26. The maximum Gasteiger partial charge on any atom is 0.256 e. The summed E-state index contributed by atoms with van der Waals surface area (Å²) in [6, 6.07) is 13.9. The van der Waals surface area contributed by atoms with Gasteiger partial charge in [0.2, 0.25) is 0 Å². The maximum atomic E-state index is 12.9. The predicted octanol–water partition coefficient (Wildman–Crippen LogP) is 4.02. The normalized spacial score (nSPS) is 14.1. The SMILES string of the molecule is O=C(c1c[nH]c2ccc(Cl)cc12)N1CCc2ccccc2C1. The molecule has 0 bridgehead atoms. The van der Waals surface area contributed by atoms with Crippen LogP contribution in [0.15, 0.2) is 48.7 Å². The van der Waals surface area contributed by atoms with Crippen LogP contribution in [0.2, 0.25) is 5.02 Å². The van der Waals surface area contributed by atoms with Crippen LogP contribution in [0.4, 0.5) is 0 Å². The molecule has 1 aliphatic rings. The molecule has 4 rings (SSSR count). The third-order valence-electron chi connectivity index (χ3n) is 4.29. The minimum atomic E-state index is 0.0584. The fourth-order valence-electron chi connectivity index (χ4n) is 3.11. The number of H-pyrrole nitrogens is 1. The van der Waals surface area contributed by atoms with Gasteiger partial charge in [0, 0.05) is 35.2 Å². The second-order valence-electron chi connectivity index (χ2n) is 5.64. The lowest BCUT2D eigenvalue weighted by molar-refractivity contribution is 0.0737. The number of carbonyl (C=O) groups is 1. The molecular formula is C18H15ClN2O. The number of halogens is 1. The van der Waals surface area contributed by atoms with Crippen LogP contribution in [0.5, 0.6) is 0 Å². The predicted molar refractivity (Wildman–Crippen MR) is 88.2 cm³/mol. The number of nitrogens with zero attached hydrogens (tertiary/aromatic N) is 1. The van der Waals surface area contributed by atoms with Crippen LogP contribution in [-0.4, -0.2) is 22.3 Å². The third kappa shape index (κ3) is 2.18. The van der Waals surface area contributed by atoms with Crippen molar-refractivity contribution in [2.24, 2.45) is 0 Å². The van der Waals surface area contributed by atoms with Gasteiger partial charge in [0.05, 0.1) is 5.56 Å². The number of aromatic nitrogens is 1. The smallest absolute Gasteiger partial charge is 0.256 e. The Bertz CT molecular complexity index is 868. The van der Waals surface area contributed by atoms with Gasteiger partial charge in [0.1, 0.15) is 0 Å². The highest BCUT2D eigenvalue weighted by Crippen LogP contribution is 2.26. The van der Waals surface area contributed by atoms with Crippen molar-refractivity contribution < 1.29 is 4.79 Å². The van der Waals surface area contributed by atoms with Gasteiger partial charge in [-0.1, -0.05) is 35.9 Å². The summed E-state index contributed by atoms with van der Waals surface area (Å²) in [5.74, 6) is 0.0584. The quantitative estimate of drug-likeness (QED) is 0.724. The molecule has 0 aliphatic carbocycles. The van der Waals surface area contributed by atoms with Gasteiger partial charge in [0.15, 0.2) is 0 Å². The number of benzene rings is 2. The van der Waals surface area contributed by atoms with Crippen LogP contribution < -0.4 is 0 Å². The van der Waals surface area contributed by atoms with Crippen molar-refractivity contribution in [1.29, 1.82) is 0 Å². The molecule has 1 amide bonds. The number of fused-ring (bicyclic) bond motifs is 2. The Balaban J connectivity index is 1.68. The summed E-state index contributed by atoms with van der Waals surface area (Å²) in [5, 5.41) is 1.53. The fourth-order valence-corrected chi connectivity index (χ4v) is 3.28. The third-order valence-corrected chi connectivity index (χ3v) is 4.53. The molecule has 0 radical (unpaired) electrons. The van der Waals surface area contributed by atoms with Crippen molar-refractivity contribution in [3.63, 3.8) is 0 Å². The maximum absolute atomic E-state index is 12.9. The Morgan fingerprint density at radius 2 is 1.95 bits per heavy atom. The van der Waals surface area contributed by atoms with Gasteiger partial charge >= 0.3 is 0 Å². The van der Waals surface area contributed by atoms with Crippen molar-refractivity contribution in [3.05, 3.63) is 70.4 Å². The molecule has 4 heteroatoms. The first kappa shape index (κ1) is 13.4. The highest BCUT2D eigenvalue weighted by molar-refractivity contribution is 6.31. The van der Waals surface area contributed by atoms with E-state index in [0.29, 0.717) is 17.1 Å². The molecule has 3 nitrogen and oxygen atoms in total. The van der Waals surface area contributed by atoms with Gasteiger partial charge in [-0.2, -0.15) is 0 Å². The molecular weight excluding hydrogens is 296 g/mol. The molecule has 0 unspecified atom stereocenters. The number of rotatable bonds is 1. The minimum Gasteiger partial charge on any atom is -0.360 e. The second-order valence-corrected chi connectivity index (χ2v) is 6.07. The monoisotopic (exact) mass is 310 g/mol. The van der Waals surface area contributed by atoms with Crippen molar-refractivity contribution >= 4 is 28.4 Å². The van der Waals surface area contributed by atoms with E-state index in [1.807, 2.05) is 29.2 Å². The molecule has 1 N–H and O–H groups in total. The number of carbonyl (C=O) groups excluding carboxylic acids is 1. The number of hydrogen-bond acceptors (Lipinski definition) is 1. The molecule has 22 heavy (non-hydrogen) atoms. The van der Waals surface area contributed by atoms with E-state index in [4.69, 9.17) is 11.6 Å². The minimum absolute atomic E-state index is 0.0584. The van der Waals surface area contributed by atoms with Gasteiger partial charge < -0.3 is 9.88 Å². The molecule has 0 atom stereocenters. The lowest BCUT2D eigenvalue weighted by Crippen LogP contribution is -2.35. The van der Waals surface area contributed by atoms with Gasteiger partial charge in [-0.15, -0.1) is 0 Å². The van der Waals surface area contributed by atoms with E-state index in [1.165, 1.54) is 11.1 Å². The first-order valence-corrected chi connectivity index (χ1v) is 7.73. The lowest BCUT2D eigenvalue weighted by atomic mass is 9.99. The molecule has 0 saturated heterocycles. The Morgan fingerprint density at radius 3 is 2.82 bits per heavy atom. The van der Waals surface area contributed by atoms with Crippen molar-refractivity contribution in [3.8, 4) is 0 Å². The number of amides is 1. The summed E-state index contributed by atoms with van der Waals surface area (Å²) in [6.45, 7) is 1.42.